The first-order valence-electron chi connectivity index (χ1n) is 4.73. The zero-order chi connectivity index (χ0) is 9.68. The first kappa shape index (κ1) is 10.1. The quantitative estimate of drug-likeness (QED) is 0.706. The molecule has 1 aromatic heterocycles. The molecule has 0 spiro atoms. The molecule has 0 saturated carbocycles. The van der Waals surface area contributed by atoms with E-state index in [4.69, 9.17) is 5.73 Å². The standard InChI is InChI=1S/C9H18N4/c1-3-8-7-11-9(12-8)13(2)6-4-5-10/h7H,3-6,10H2,1-2H3,(H,11,12). The van der Waals surface area contributed by atoms with Gasteiger partial charge in [0.2, 0.25) is 5.95 Å². The molecule has 0 atom stereocenters. The van der Waals surface area contributed by atoms with Gasteiger partial charge in [0.05, 0.1) is 6.20 Å². The Bertz CT molecular complexity index is 244. The van der Waals surface area contributed by atoms with E-state index in [9.17, 15) is 0 Å². The summed E-state index contributed by atoms with van der Waals surface area (Å²) in [6, 6.07) is 0. The van der Waals surface area contributed by atoms with E-state index >= 15 is 0 Å². The van der Waals surface area contributed by atoms with Crippen LogP contribution in [-0.4, -0.2) is 30.1 Å². The number of H-pyrrole nitrogens is 1. The monoisotopic (exact) mass is 182 g/mol. The van der Waals surface area contributed by atoms with E-state index in [0.717, 1.165) is 31.9 Å². The number of aromatic nitrogens is 2. The maximum atomic E-state index is 5.43. The van der Waals surface area contributed by atoms with Crippen LogP contribution >= 0.6 is 0 Å². The minimum atomic E-state index is 0.728. The summed E-state index contributed by atoms with van der Waals surface area (Å²) >= 11 is 0. The van der Waals surface area contributed by atoms with Gasteiger partial charge in [-0.3, -0.25) is 0 Å². The van der Waals surface area contributed by atoms with E-state index in [1.165, 1.54) is 5.69 Å². The number of nitrogens with two attached hydrogens (primary N) is 1. The van der Waals surface area contributed by atoms with Crippen LogP contribution in [-0.2, 0) is 6.42 Å². The normalized spacial score (nSPS) is 10.4. The SMILES string of the molecule is CCc1cnc(N(C)CCCN)[nH]1. The summed E-state index contributed by atoms with van der Waals surface area (Å²) < 4.78 is 0. The lowest BCUT2D eigenvalue weighted by molar-refractivity contribution is 0.779. The molecule has 0 saturated heterocycles. The van der Waals surface area contributed by atoms with Crippen LogP contribution < -0.4 is 10.6 Å². The van der Waals surface area contributed by atoms with Gasteiger partial charge in [0.1, 0.15) is 0 Å². The van der Waals surface area contributed by atoms with E-state index in [1.807, 2.05) is 13.2 Å². The van der Waals surface area contributed by atoms with Gasteiger partial charge in [-0.1, -0.05) is 6.92 Å². The number of hydrogen-bond donors (Lipinski definition) is 2. The lowest BCUT2D eigenvalue weighted by Gasteiger charge is -2.14. The zero-order valence-electron chi connectivity index (χ0n) is 8.38. The van der Waals surface area contributed by atoms with Crippen molar-refractivity contribution in [3.8, 4) is 0 Å². The number of nitrogens with zero attached hydrogens (tertiary/aromatic N) is 2. The Morgan fingerprint density at radius 1 is 1.62 bits per heavy atom. The molecule has 0 amide bonds. The van der Waals surface area contributed by atoms with Crippen molar-refractivity contribution < 1.29 is 0 Å². The van der Waals surface area contributed by atoms with E-state index in [1.54, 1.807) is 0 Å². The van der Waals surface area contributed by atoms with Gasteiger partial charge < -0.3 is 15.6 Å². The molecule has 0 fully saturated rings. The molecule has 4 nitrogen and oxygen atoms in total. The fraction of sp³-hybridized carbons (Fsp3) is 0.667. The molecule has 1 aromatic rings. The van der Waals surface area contributed by atoms with Crippen LogP contribution in [0.5, 0.6) is 0 Å². The Kier molecular flexibility index (Phi) is 3.76. The van der Waals surface area contributed by atoms with Crippen LogP contribution in [0.2, 0.25) is 0 Å². The summed E-state index contributed by atoms with van der Waals surface area (Å²) in [7, 11) is 2.02. The average molecular weight is 182 g/mol. The highest BCUT2D eigenvalue weighted by Gasteiger charge is 2.03. The molecule has 0 radical (unpaired) electrons. The van der Waals surface area contributed by atoms with Crippen molar-refractivity contribution in [2.24, 2.45) is 5.73 Å². The third kappa shape index (κ3) is 2.73. The highest BCUT2D eigenvalue weighted by molar-refractivity contribution is 5.29. The lowest BCUT2D eigenvalue weighted by Crippen LogP contribution is -2.22. The van der Waals surface area contributed by atoms with Crippen LogP contribution in [0.25, 0.3) is 0 Å². The number of hydrogen-bond acceptors (Lipinski definition) is 3. The summed E-state index contributed by atoms with van der Waals surface area (Å²) in [5.41, 5.74) is 6.60. The largest absolute Gasteiger partial charge is 0.345 e. The predicted octanol–water partition coefficient (Wildman–Crippen LogP) is 0.757. The molecule has 1 rings (SSSR count). The molecular weight excluding hydrogens is 164 g/mol. The fourth-order valence-electron chi connectivity index (χ4n) is 1.16. The topological polar surface area (TPSA) is 57.9 Å². The van der Waals surface area contributed by atoms with E-state index < -0.39 is 0 Å². The van der Waals surface area contributed by atoms with Crippen molar-refractivity contribution in [3.05, 3.63) is 11.9 Å². The maximum absolute atomic E-state index is 5.43. The average Bonchev–Trinajstić information content (AvgIpc) is 2.62. The third-order valence-corrected chi connectivity index (χ3v) is 2.06. The number of aromatic amines is 1. The second-order valence-corrected chi connectivity index (χ2v) is 3.15. The van der Waals surface area contributed by atoms with Gasteiger partial charge in [0, 0.05) is 19.3 Å². The summed E-state index contributed by atoms with van der Waals surface area (Å²) in [4.78, 5) is 9.60. The van der Waals surface area contributed by atoms with Gasteiger partial charge >= 0.3 is 0 Å². The van der Waals surface area contributed by atoms with E-state index in [-0.39, 0.29) is 0 Å². The molecule has 0 aliphatic carbocycles. The van der Waals surface area contributed by atoms with Crippen molar-refractivity contribution in [3.63, 3.8) is 0 Å². The fourth-order valence-corrected chi connectivity index (χ4v) is 1.16. The summed E-state index contributed by atoms with van der Waals surface area (Å²) in [5, 5.41) is 0. The third-order valence-electron chi connectivity index (χ3n) is 2.06. The van der Waals surface area contributed by atoms with E-state index in [0.29, 0.717) is 0 Å². The van der Waals surface area contributed by atoms with Crippen molar-refractivity contribution in [2.45, 2.75) is 19.8 Å². The smallest absolute Gasteiger partial charge is 0.202 e. The van der Waals surface area contributed by atoms with Crippen molar-refractivity contribution >= 4 is 5.95 Å². The summed E-state index contributed by atoms with van der Waals surface area (Å²) in [6.07, 6.45) is 3.88. The van der Waals surface area contributed by atoms with Gasteiger partial charge in [-0.25, -0.2) is 4.98 Å². The Balaban J connectivity index is 2.50. The Morgan fingerprint density at radius 2 is 2.38 bits per heavy atom. The van der Waals surface area contributed by atoms with Crippen LogP contribution in [0.3, 0.4) is 0 Å². The van der Waals surface area contributed by atoms with Gasteiger partial charge in [-0.05, 0) is 19.4 Å². The molecule has 0 aliphatic rings. The molecule has 0 bridgehead atoms. The van der Waals surface area contributed by atoms with Crippen LogP contribution in [0.15, 0.2) is 6.20 Å². The minimum absolute atomic E-state index is 0.728. The number of imidazole rings is 1. The molecule has 0 unspecified atom stereocenters. The van der Waals surface area contributed by atoms with Crippen LogP contribution in [0, 0.1) is 0 Å². The molecule has 74 valence electrons. The first-order chi connectivity index (χ1) is 6.27. The zero-order valence-corrected chi connectivity index (χ0v) is 8.38. The molecule has 4 heteroatoms. The Hall–Kier alpha value is -1.03. The second-order valence-electron chi connectivity index (χ2n) is 3.15. The molecule has 13 heavy (non-hydrogen) atoms. The van der Waals surface area contributed by atoms with Gasteiger partial charge in [0.15, 0.2) is 0 Å². The van der Waals surface area contributed by atoms with Crippen molar-refractivity contribution in [2.75, 3.05) is 25.0 Å². The molecule has 1 heterocycles. The molecule has 0 aromatic carbocycles. The Labute approximate surface area is 79.1 Å². The number of aryl methyl sites for hydroxylation is 1. The van der Waals surface area contributed by atoms with Gasteiger partial charge in [0.25, 0.3) is 0 Å². The molecule has 3 N–H and O–H groups in total. The van der Waals surface area contributed by atoms with E-state index in [2.05, 4.69) is 21.8 Å². The minimum Gasteiger partial charge on any atom is -0.345 e. The highest BCUT2D eigenvalue weighted by Crippen LogP contribution is 2.07. The van der Waals surface area contributed by atoms with Gasteiger partial charge in [-0.2, -0.15) is 0 Å². The van der Waals surface area contributed by atoms with Crippen molar-refractivity contribution in [1.29, 1.82) is 0 Å². The van der Waals surface area contributed by atoms with Crippen LogP contribution in [0.4, 0.5) is 5.95 Å². The Morgan fingerprint density at radius 3 is 2.92 bits per heavy atom. The highest BCUT2D eigenvalue weighted by atomic mass is 15.2. The van der Waals surface area contributed by atoms with Crippen molar-refractivity contribution in [1.82, 2.24) is 9.97 Å². The predicted molar refractivity (Wildman–Crippen MR) is 54.9 cm³/mol. The lowest BCUT2D eigenvalue weighted by atomic mass is 10.4. The van der Waals surface area contributed by atoms with Crippen LogP contribution in [0.1, 0.15) is 19.0 Å². The maximum Gasteiger partial charge on any atom is 0.202 e. The number of anilines is 1. The summed E-state index contributed by atoms with van der Waals surface area (Å²) in [6.45, 7) is 3.79. The molecular formula is C9H18N4. The summed E-state index contributed by atoms with van der Waals surface area (Å²) in [5.74, 6) is 0.935. The first-order valence-corrected chi connectivity index (χ1v) is 4.73. The number of nitrogens with one attached hydrogen (secondary N) is 1. The number of rotatable bonds is 5. The molecule has 0 aliphatic heterocycles. The second kappa shape index (κ2) is 4.87. The van der Waals surface area contributed by atoms with Gasteiger partial charge in [-0.15, -0.1) is 0 Å².